The molecule has 0 spiro atoms. The first-order valence-corrected chi connectivity index (χ1v) is 10.9. The predicted octanol–water partition coefficient (Wildman–Crippen LogP) is 3.03. The van der Waals surface area contributed by atoms with E-state index in [0.717, 1.165) is 61.0 Å². The molecular weight excluding hydrogens is 392 g/mol. The number of rotatable bonds is 12. The fraction of sp³-hybridized carbons (Fsp3) is 0.500. The Morgan fingerprint density at radius 1 is 1.10 bits per heavy atom. The first-order valence-electron chi connectivity index (χ1n) is 10.9. The molecule has 0 fully saturated rings. The topological polar surface area (TPSA) is 76.9 Å². The van der Waals surface area contributed by atoms with E-state index in [0.29, 0.717) is 19.8 Å². The van der Waals surface area contributed by atoms with Crippen LogP contribution in [0.15, 0.2) is 46.2 Å². The fourth-order valence-electron chi connectivity index (χ4n) is 3.18. The van der Waals surface area contributed by atoms with E-state index in [4.69, 9.17) is 14.5 Å². The van der Waals surface area contributed by atoms with Gasteiger partial charge in [-0.05, 0) is 51.3 Å². The highest BCUT2D eigenvalue weighted by Crippen LogP contribution is 2.21. The van der Waals surface area contributed by atoms with Gasteiger partial charge in [0.2, 0.25) is 0 Å². The Hall–Kier alpha value is -2.80. The summed E-state index contributed by atoms with van der Waals surface area (Å²) in [5.41, 5.74) is 3.25. The number of aryl methyl sites for hydroxylation is 2. The molecule has 0 radical (unpaired) electrons. The number of aliphatic imine (C=N–C) groups is 1. The summed E-state index contributed by atoms with van der Waals surface area (Å²) < 4.78 is 12.8. The number of pyridine rings is 1. The highest BCUT2D eigenvalue weighted by Gasteiger charge is 2.06. The Morgan fingerprint density at radius 2 is 1.94 bits per heavy atom. The average molecular weight is 429 g/mol. The van der Waals surface area contributed by atoms with Crippen LogP contribution in [-0.2, 0) is 17.8 Å². The lowest BCUT2D eigenvalue weighted by atomic mass is 10.1. The van der Waals surface area contributed by atoms with Crippen LogP contribution in [0.3, 0.4) is 0 Å². The number of nitrogens with one attached hydrogen (secondary N) is 2. The molecular formula is C24H36N4O3. The maximum Gasteiger partial charge on any atom is 0.250 e. The van der Waals surface area contributed by atoms with Crippen molar-refractivity contribution in [3.8, 4) is 5.75 Å². The normalized spacial score (nSPS) is 11.4. The number of guanidine groups is 1. The minimum absolute atomic E-state index is 0.0597. The summed E-state index contributed by atoms with van der Waals surface area (Å²) >= 11 is 0. The molecule has 2 rings (SSSR count). The number of hydrogen-bond donors (Lipinski definition) is 2. The largest absolute Gasteiger partial charge is 0.491 e. The predicted molar refractivity (Wildman–Crippen MR) is 126 cm³/mol. The molecule has 31 heavy (non-hydrogen) atoms. The molecule has 0 amide bonds. The van der Waals surface area contributed by atoms with Gasteiger partial charge < -0.3 is 24.7 Å². The first kappa shape index (κ1) is 24.5. The minimum atomic E-state index is 0.0597. The number of benzene rings is 1. The number of unbranched alkanes of at least 4 members (excludes halogenated alkanes) is 1. The lowest BCUT2D eigenvalue weighted by Gasteiger charge is -2.14. The molecule has 0 saturated carbocycles. The summed E-state index contributed by atoms with van der Waals surface area (Å²) in [6.45, 7) is 9.96. The lowest BCUT2D eigenvalue weighted by molar-refractivity contribution is 0.145. The quantitative estimate of drug-likeness (QED) is 0.309. The number of ether oxygens (including phenoxy) is 2. The molecule has 0 saturated heterocycles. The van der Waals surface area contributed by atoms with E-state index < -0.39 is 0 Å². The van der Waals surface area contributed by atoms with Gasteiger partial charge in [-0.1, -0.05) is 18.2 Å². The summed E-state index contributed by atoms with van der Waals surface area (Å²) in [7, 11) is 1.67. The van der Waals surface area contributed by atoms with Crippen LogP contribution in [0.25, 0.3) is 0 Å². The molecule has 1 aromatic heterocycles. The zero-order valence-electron chi connectivity index (χ0n) is 19.2. The number of methoxy groups -OCH3 is 1. The van der Waals surface area contributed by atoms with Crippen LogP contribution in [0.2, 0.25) is 0 Å². The lowest BCUT2D eigenvalue weighted by Crippen LogP contribution is -2.37. The highest BCUT2D eigenvalue weighted by molar-refractivity contribution is 5.79. The van der Waals surface area contributed by atoms with Crippen LogP contribution >= 0.6 is 0 Å². The molecule has 0 aliphatic heterocycles. The van der Waals surface area contributed by atoms with Gasteiger partial charge in [0.1, 0.15) is 12.4 Å². The van der Waals surface area contributed by atoms with Gasteiger partial charge in [0.25, 0.3) is 5.56 Å². The second kappa shape index (κ2) is 13.5. The zero-order valence-corrected chi connectivity index (χ0v) is 19.2. The Balaban J connectivity index is 1.88. The van der Waals surface area contributed by atoms with Gasteiger partial charge in [0, 0.05) is 44.1 Å². The molecule has 0 aliphatic rings. The Bertz CT molecular complexity index is 893. The van der Waals surface area contributed by atoms with Gasteiger partial charge in [0.05, 0.1) is 13.2 Å². The smallest absolute Gasteiger partial charge is 0.250 e. The molecule has 170 valence electrons. The van der Waals surface area contributed by atoms with Gasteiger partial charge in [-0.2, -0.15) is 0 Å². The number of aromatic nitrogens is 1. The van der Waals surface area contributed by atoms with E-state index in [1.807, 2.05) is 37.5 Å². The Labute approximate surface area is 185 Å². The second-order valence-corrected chi connectivity index (χ2v) is 7.44. The van der Waals surface area contributed by atoms with E-state index >= 15 is 0 Å². The van der Waals surface area contributed by atoms with Crippen molar-refractivity contribution in [3.05, 3.63) is 63.6 Å². The van der Waals surface area contributed by atoms with Crippen molar-refractivity contribution in [2.45, 2.75) is 46.7 Å². The maximum absolute atomic E-state index is 11.9. The average Bonchev–Trinajstić information content (AvgIpc) is 2.74. The van der Waals surface area contributed by atoms with Crippen LogP contribution < -0.4 is 20.9 Å². The third kappa shape index (κ3) is 8.45. The van der Waals surface area contributed by atoms with Crippen molar-refractivity contribution in [1.29, 1.82) is 0 Å². The number of nitrogens with zero attached hydrogens (tertiary/aromatic N) is 2. The van der Waals surface area contributed by atoms with Crippen LogP contribution in [0, 0.1) is 13.8 Å². The number of hydrogen-bond acceptors (Lipinski definition) is 4. The van der Waals surface area contributed by atoms with E-state index in [-0.39, 0.29) is 5.56 Å². The summed E-state index contributed by atoms with van der Waals surface area (Å²) in [6, 6.07) is 11.5. The van der Waals surface area contributed by atoms with Crippen molar-refractivity contribution >= 4 is 5.96 Å². The molecule has 7 heteroatoms. The van der Waals surface area contributed by atoms with E-state index in [1.165, 1.54) is 0 Å². The molecule has 0 unspecified atom stereocenters. The molecule has 0 aliphatic carbocycles. The van der Waals surface area contributed by atoms with E-state index in [9.17, 15) is 4.79 Å². The van der Waals surface area contributed by atoms with Crippen molar-refractivity contribution in [1.82, 2.24) is 15.2 Å². The van der Waals surface area contributed by atoms with Crippen molar-refractivity contribution < 1.29 is 9.47 Å². The van der Waals surface area contributed by atoms with Gasteiger partial charge in [-0.3, -0.25) is 4.79 Å². The summed E-state index contributed by atoms with van der Waals surface area (Å²) in [5.74, 6) is 1.62. The minimum Gasteiger partial charge on any atom is -0.491 e. The SMILES string of the molecule is CCNC(=NCc1ccc(C)cc1OCCOC)NCCCCn1c(C)cccc1=O. The van der Waals surface area contributed by atoms with Gasteiger partial charge >= 0.3 is 0 Å². The summed E-state index contributed by atoms with van der Waals surface area (Å²) in [5, 5.41) is 6.67. The van der Waals surface area contributed by atoms with E-state index in [1.54, 1.807) is 19.2 Å². The summed E-state index contributed by atoms with van der Waals surface area (Å²) in [4.78, 5) is 16.7. The van der Waals surface area contributed by atoms with Crippen LogP contribution in [0.1, 0.15) is 36.6 Å². The van der Waals surface area contributed by atoms with E-state index in [2.05, 4.69) is 22.8 Å². The molecule has 0 bridgehead atoms. The molecule has 2 aromatic rings. The molecule has 7 nitrogen and oxygen atoms in total. The second-order valence-electron chi connectivity index (χ2n) is 7.44. The van der Waals surface area contributed by atoms with Crippen LogP contribution in [0.4, 0.5) is 0 Å². The monoisotopic (exact) mass is 428 g/mol. The van der Waals surface area contributed by atoms with Gasteiger partial charge in [-0.25, -0.2) is 4.99 Å². The van der Waals surface area contributed by atoms with Crippen molar-refractivity contribution in [2.24, 2.45) is 4.99 Å². The first-order chi connectivity index (χ1) is 15.0. The molecule has 2 N–H and O–H groups in total. The fourth-order valence-corrected chi connectivity index (χ4v) is 3.18. The van der Waals surface area contributed by atoms with Crippen LogP contribution in [0.5, 0.6) is 5.75 Å². The van der Waals surface area contributed by atoms with Crippen LogP contribution in [-0.4, -0.2) is 43.9 Å². The Kier molecular flexibility index (Phi) is 10.6. The van der Waals surface area contributed by atoms with Crippen molar-refractivity contribution in [3.63, 3.8) is 0 Å². The van der Waals surface area contributed by atoms with Crippen molar-refractivity contribution in [2.75, 3.05) is 33.4 Å². The molecule has 0 atom stereocenters. The summed E-state index contributed by atoms with van der Waals surface area (Å²) in [6.07, 6.45) is 1.87. The van der Waals surface area contributed by atoms with Gasteiger partial charge in [-0.15, -0.1) is 0 Å². The molecule has 1 aromatic carbocycles. The zero-order chi connectivity index (χ0) is 22.5. The van der Waals surface area contributed by atoms with Gasteiger partial charge in [0.15, 0.2) is 5.96 Å². The maximum atomic E-state index is 11.9. The standard InChI is InChI=1S/C24H36N4O3/c1-5-25-24(26-13-6-7-14-28-20(3)9-8-10-23(28)29)27-18-21-12-11-19(2)17-22(21)31-16-15-30-4/h8-12,17H,5-7,13-16,18H2,1-4H3,(H2,25,26,27). The highest BCUT2D eigenvalue weighted by atomic mass is 16.5. The third-order valence-corrected chi connectivity index (χ3v) is 4.89. The Morgan fingerprint density at radius 3 is 2.68 bits per heavy atom. The molecule has 1 heterocycles. The third-order valence-electron chi connectivity index (χ3n) is 4.89.